The van der Waals surface area contributed by atoms with Crippen LogP contribution in [0.5, 0.6) is 0 Å². The molecule has 0 aliphatic carbocycles. The molecule has 79 heavy (non-hydrogen) atoms. The van der Waals surface area contributed by atoms with E-state index >= 15 is 0 Å². The number of hydrogen-bond acceptors (Lipinski definition) is 33. The lowest BCUT2D eigenvalue weighted by Crippen LogP contribution is -2.68. The number of hydrogen-bond donors (Lipinski definition) is 19. The first-order valence-corrected chi connectivity index (χ1v) is 26.8. The lowest BCUT2D eigenvalue weighted by molar-refractivity contribution is -0.396. The summed E-state index contributed by atoms with van der Waals surface area (Å²) in [6, 6.07) is -3.69. The Balaban J connectivity index is 1.53. The van der Waals surface area contributed by atoms with Crippen molar-refractivity contribution in [1.29, 1.82) is 0 Å². The molecule has 462 valence electrons. The number of rotatable bonds is 24. The molecule has 0 radical (unpaired) electrons. The molecule has 19 N–H and O–H groups in total. The Bertz CT molecular complexity index is 2180. The lowest BCUT2D eigenvalue weighted by atomic mass is 9.95. The lowest BCUT2D eigenvalue weighted by Gasteiger charge is -2.50. The molecule has 39 heteroatoms. The van der Waals surface area contributed by atoms with Crippen LogP contribution in [0.3, 0.4) is 0 Å². The van der Waals surface area contributed by atoms with Crippen LogP contribution in [0.15, 0.2) is 0 Å². The van der Waals surface area contributed by atoms with E-state index in [2.05, 4.69) is 19.0 Å². The zero-order chi connectivity index (χ0) is 59.3. The highest BCUT2D eigenvalue weighted by Gasteiger charge is 2.57. The van der Waals surface area contributed by atoms with Crippen molar-refractivity contribution in [3.05, 3.63) is 0 Å². The second-order valence-corrected chi connectivity index (χ2v) is 21.2. The fourth-order valence-corrected chi connectivity index (χ4v) is 9.87. The van der Waals surface area contributed by atoms with Gasteiger partial charge in [0.15, 0.2) is 31.5 Å². The van der Waals surface area contributed by atoms with Gasteiger partial charge in [0.1, 0.15) is 128 Å². The van der Waals surface area contributed by atoms with Crippen LogP contribution in [0.4, 0.5) is 0 Å². The van der Waals surface area contributed by atoms with Gasteiger partial charge in [-0.3, -0.25) is 18.7 Å². The van der Waals surface area contributed by atoms with E-state index in [9.17, 15) is 112 Å². The van der Waals surface area contributed by atoms with Crippen LogP contribution in [-0.4, -0.2) is 325 Å². The molecule has 0 aromatic rings. The average molecular weight is 1200 g/mol. The molecule has 0 aromatic carbocycles. The SMILES string of the molecule is CC(=O)N[C@H]1[C@H](OC[C@@H](O)[C@H](O)[C@H](O[C@@H]2O[C@H](CO)[C@H](O)[C@H](O[C@@H]3O[C@H](CO)[C@H](O)[C@H](OS(=O)(=O)O)[C@H]3O)[C@H]2O[C@@H]2O[C@@H](C)[C@@H](O)[C@@H](O)[C@@H]2O)[C@H](CO)NC(C)=O)O[C@H](COS(=O)(=O)O)[C@@H](O)[C@@H]1O[C@@H]1O[C@@H](C)[C@@H](O)[C@@H](O)[C@@H]1O. The van der Waals surface area contributed by atoms with Crippen molar-refractivity contribution in [2.75, 3.05) is 33.0 Å². The summed E-state index contributed by atoms with van der Waals surface area (Å²) >= 11 is 0. The van der Waals surface area contributed by atoms with E-state index in [0.29, 0.717) is 0 Å². The van der Waals surface area contributed by atoms with Gasteiger partial charge in [-0.15, -0.1) is 0 Å². The van der Waals surface area contributed by atoms with Crippen molar-refractivity contribution in [2.45, 2.75) is 206 Å². The molecular weight excluding hydrogens is 1130 g/mol. The van der Waals surface area contributed by atoms with E-state index in [1.54, 1.807) is 0 Å². The van der Waals surface area contributed by atoms with Crippen LogP contribution in [-0.2, 0) is 86.1 Å². The number of amides is 2. The highest BCUT2D eigenvalue weighted by Crippen LogP contribution is 2.36. The Hall–Kier alpha value is -2.32. The van der Waals surface area contributed by atoms with Gasteiger partial charge < -0.3 is 135 Å². The van der Waals surface area contributed by atoms with Gasteiger partial charge in [0, 0.05) is 13.8 Å². The molecule has 5 aliphatic rings. The molecule has 0 bridgehead atoms. The first kappa shape index (κ1) is 67.5. The molecule has 29 atom stereocenters. The van der Waals surface area contributed by atoms with Crippen LogP contribution in [0.25, 0.3) is 0 Å². The third kappa shape index (κ3) is 17.0. The smallest absolute Gasteiger partial charge is 0.394 e. The number of aliphatic hydroxyl groups is 15. The number of carbonyl (C=O) groups is 2. The van der Waals surface area contributed by atoms with Crippen LogP contribution in [0.1, 0.15) is 27.7 Å². The van der Waals surface area contributed by atoms with Crippen LogP contribution in [0.2, 0.25) is 0 Å². The Morgan fingerprint density at radius 2 is 1.01 bits per heavy atom. The summed E-state index contributed by atoms with van der Waals surface area (Å²) in [6.45, 7) is -1.68. The van der Waals surface area contributed by atoms with E-state index in [4.69, 9.17) is 47.4 Å². The maximum Gasteiger partial charge on any atom is 0.397 e. The minimum absolute atomic E-state index is 0.912. The highest BCUT2D eigenvalue weighted by molar-refractivity contribution is 7.81. The summed E-state index contributed by atoms with van der Waals surface area (Å²) in [4.78, 5) is 25.2. The molecule has 0 unspecified atom stereocenters. The van der Waals surface area contributed by atoms with Crippen molar-refractivity contribution < 1.29 is 168 Å². The molecule has 5 heterocycles. The number of nitrogens with one attached hydrogen (secondary N) is 2. The Kier molecular flexibility index (Phi) is 24.3. The Morgan fingerprint density at radius 1 is 0.544 bits per heavy atom. The van der Waals surface area contributed by atoms with Gasteiger partial charge in [-0.25, -0.2) is 8.37 Å². The average Bonchev–Trinajstić information content (AvgIpc) is 3.44. The van der Waals surface area contributed by atoms with Crippen LogP contribution in [0, 0.1) is 0 Å². The summed E-state index contributed by atoms with van der Waals surface area (Å²) in [5.74, 6) is -1.86. The Morgan fingerprint density at radius 3 is 1.49 bits per heavy atom. The zero-order valence-electron chi connectivity index (χ0n) is 42.0. The maximum atomic E-state index is 12.6. The largest absolute Gasteiger partial charge is 0.397 e. The predicted octanol–water partition coefficient (Wildman–Crippen LogP) is -12.5. The van der Waals surface area contributed by atoms with E-state index < -0.39 is 243 Å². The fraction of sp³-hybridized carbons (Fsp3) is 0.950. The quantitative estimate of drug-likeness (QED) is 0.0399. The first-order valence-electron chi connectivity index (χ1n) is 24.1. The first-order chi connectivity index (χ1) is 36.7. The molecule has 0 spiro atoms. The number of aliphatic hydroxyl groups excluding tert-OH is 15. The number of ether oxygens (including phenoxy) is 10. The molecule has 5 aliphatic heterocycles. The molecule has 5 saturated heterocycles. The van der Waals surface area contributed by atoms with E-state index in [-0.39, 0.29) is 0 Å². The topological polar surface area (TPSA) is 581 Å². The van der Waals surface area contributed by atoms with Gasteiger partial charge in [-0.05, 0) is 13.8 Å². The van der Waals surface area contributed by atoms with Crippen molar-refractivity contribution in [3.63, 3.8) is 0 Å². The summed E-state index contributed by atoms with van der Waals surface area (Å²) in [5.41, 5.74) is 0. The minimum atomic E-state index is -5.51. The molecule has 0 saturated carbocycles. The van der Waals surface area contributed by atoms with Gasteiger partial charge in [0.05, 0.1) is 51.3 Å². The fourth-order valence-electron chi connectivity index (χ4n) is 9.06. The van der Waals surface area contributed by atoms with Crippen molar-refractivity contribution in [1.82, 2.24) is 10.6 Å². The second kappa shape index (κ2) is 28.5. The molecular formula is C40H70N2O35S2. The molecule has 37 nitrogen and oxygen atoms in total. The summed E-state index contributed by atoms with van der Waals surface area (Å²) < 4.78 is 132. The molecule has 0 aromatic heterocycles. The van der Waals surface area contributed by atoms with E-state index in [0.717, 1.165) is 13.8 Å². The van der Waals surface area contributed by atoms with Crippen LogP contribution >= 0.6 is 0 Å². The molecule has 5 fully saturated rings. The third-order valence-electron chi connectivity index (χ3n) is 13.2. The van der Waals surface area contributed by atoms with Gasteiger partial charge >= 0.3 is 20.8 Å². The highest BCUT2D eigenvalue weighted by atomic mass is 32.3. The van der Waals surface area contributed by atoms with Gasteiger partial charge in [-0.1, -0.05) is 0 Å². The summed E-state index contributed by atoms with van der Waals surface area (Å²) in [5, 5.41) is 168. The monoisotopic (exact) mass is 1200 g/mol. The second-order valence-electron chi connectivity index (χ2n) is 19.0. The maximum absolute atomic E-state index is 12.6. The van der Waals surface area contributed by atoms with Crippen LogP contribution < -0.4 is 10.6 Å². The predicted molar refractivity (Wildman–Crippen MR) is 243 cm³/mol. The zero-order valence-corrected chi connectivity index (χ0v) is 43.7. The van der Waals surface area contributed by atoms with Crippen molar-refractivity contribution in [3.8, 4) is 0 Å². The third-order valence-corrected chi connectivity index (χ3v) is 14.1. The number of carbonyl (C=O) groups excluding carboxylic acids is 2. The normalized spacial score (nSPS) is 43.1. The summed E-state index contributed by atoms with van der Waals surface area (Å²) in [7, 11) is -10.8. The van der Waals surface area contributed by atoms with Crippen molar-refractivity contribution in [2.24, 2.45) is 0 Å². The molecule has 2 amide bonds. The van der Waals surface area contributed by atoms with E-state index in [1.807, 2.05) is 0 Å². The molecule has 5 rings (SSSR count). The Labute approximate surface area is 448 Å². The standard InChI is InChI=1S/C40H70N2O35S2/c1-10-20(49)26(55)28(57)37(68-10)74-32-19(42-13(4)47)36(72-18(25(32)54)9-67-78(60,61)62)66-8-15(48)22(51)31(14(5-43)41-12(3)46)73-40-35(76-38-29(58)27(56)21(50)11(2)69-38)34(24(53)17(7-45)71-40)75-39-30(59)33(77-79(63,64)65)23(52)16(6-44)70-39/h10-11,14-40,43-45,48-59H,5-9H2,1-4H3,(H,41,46)(H,42,47)(H,60,61,62)(H,63,64,65)/t10-,11-,14-,15+,16+,17+,18+,19+,20+,21+,22-,23-,24-,25+,26+,27+,28-,29-,30+,31+,32+,33-,34-,35+,36+,37-,38-,39-,40-/m0/s1. The van der Waals surface area contributed by atoms with Gasteiger partial charge in [0.2, 0.25) is 11.8 Å². The van der Waals surface area contributed by atoms with Crippen molar-refractivity contribution >= 4 is 32.6 Å². The van der Waals surface area contributed by atoms with Gasteiger partial charge in [-0.2, -0.15) is 16.8 Å². The summed E-state index contributed by atoms with van der Waals surface area (Å²) in [6.07, 6.45) is -56.1. The van der Waals surface area contributed by atoms with E-state index in [1.165, 1.54) is 13.8 Å². The van der Waals surface area contributed by atoms with Gasteiger partial charge in [0.25, 0.3) is 0 Å². The minimum Gasteiger partial charge on any atom is -0.394 e.